The molecule has 0 radical (unpaired) electrons. The molecule has 0 bridgehead atoms. The summed E-state index contributed by atoms with van der Waals surface area (Å²) in [7, 11) is 1.56. The molecular weight excluding hydrogens is 178 g/mol. The maximum absolute atomic E-state index is 8.25. The van der Waals surface area contributed by atoms with E-state index in [0.29, 0.717) is 16.3 Å². The van der Waals surface area contributed by atoms with Crippen LogP contribution >= 0.6 is 11.6 Å². The Morgan fingerprint density at radius 3 is 2.83 bits per heavy atom. The Kier molecular flexibility index (Phi) is 2.94. The van der Waals surface area contributed by atoms with Crippen molar-refractivity contribution in [3.63, 3.8) is 0 Å². The van der Waals surface area contributed by atoms with Crippen molar-refractivity contribution in [1.82, 2.24) is 0 Å². The summed E-state index contributed by atoms with van der Waals surface area (Å²) in [6.45, 7) is 0. The van der Waals surface area contributed by atoms with Crippen LogP contribution in [0.1, 0.15) is 5.56 Å². The molecule has 0 amide bonds. The molecule has 0 saturated heterocycles. The number of ether oxygens (including phenoxy) is 1. The van der Waals surface area contributed by atoms with E-state index >= 15 is 0 Å². The first-order chi connectivity index (χ1) is 5.77. The average Bonchev–Trinajstić information content (AvgIpc) is 2.09. The van der Waals surface area contributed by atoms with Gasteiger partial charge in [0.1, 0.15) is 5.75 Å². The van der Waals surface area contributed by atoms with E-state index in [1.807, 2.05) is 0 Å². The van der Waals surface area contributed by atoms with Crippen LogP contribution in [0, 0.1) is 0 Å². The number of nitrogens with zero attached hydrogens (tertiary/aromatic N) is 1. The summed E-state index contributed by atoms with van der Waals surface area (Å²) < 4.78 is 4.94. The third-order valence-corrected chi connectivity index (χ3v) is 1.73. The molecule has 12 heavy (non-hydrogen) atoms. The van der Waals surface area contributed by atoms with Gasteiger partial charge in [-0.2, -0.15) is 0 Å². The quantitative estimate of drug-likeness (QED) is 0.436. The molecule has 0 aliphatic rings. The maximum atomic E-state index is 8.25. The zero-order valence-corrected chi connectivity index (χ0v) is 7.25. The van der Waals surface area contributed by atoms with Crippen molar-refractivity contribution in [2.45, 2.75) is 0 Å². The third-order valence-electron chi connectivity index (χ3n) is 1.40. The predicted molar refractivity (Wildman–Crippen MR) is 47.4 cm³/mol. The minimum Gasteiger partial charge on any atom is -0.497 e. The summed E-state index contributed by atoms with van der Waals surface area (Å²) >= 11 is 5.80. The van der Waals surface area contributed by atoms with E-state index in [1.54, 1.807) is 25.3 Å². The van der Waals surface area contributed by atoms with Gasteiger partial charge in [-0.05, 0) is 18.2 Å². The Balaban J connectivity index is 3.03. The second-order valence-electron chi connectivity index (χ2n) is 2.13. The maximum Gasteiger partial charge on any atom is 0.120 e. The zero-order valence-electron chi connectivity index (χ0n) is 6.49. The molecule has 1 N–H and O–H groups in total. The van der Waals surface area contributed by atoms with E-state index in [4.69, 9.17) is 21.5 Å². The lowest BCUT2D eigenvalue weighted by Crippen LogP contribution is -1.86. The SMILES string of the molecule is COc1ccc(/C=N\O)c(Cl)c1. The first kappa shape index (κ1) is 8.87. The highest BCUT2D eigenvalue weighted by Gasteiger charge is 1.98. The van der Waals surface area contributed by atoms with Gasteiger partial charge in [0.2, 0.25) is 0 Å². The lowest BCUT2D eigenvalue weighted by atomic mass is 10.2. The molecule has 4 heteroatoms. The van der Waals surface area contributed by atoms with Crippen LogP contribution in [-0.4, -0.2) is 18.5 Å². The summed E-state index contributed by atoms with van der Waals surface area (Å²) in [4.78, 5) is 0. The molecule has 64 valence electrons. The molecule has 0 spiro atoms. The molecule has 0 aliphatic heterocycles. The monoisotopic (exact) mass is 185 g/mol. The van der Waals surface area contributed by atoms with Crippen LogP contribution in [0.3, 0.4) is 0 Å². The first-order valence-electron chi connectivity index (χ1n) is 3.29. The minimum atomic E-state index is 0.493. The highest BCUT2D eigenvalue weighted by molar-refractivity contribution is 6.33. The average molecular weight is 186 g/mol. The summed E-state index contributed by atoms with van der Waals surface area (Å²) in [6.07, 6.45) is 1.27. The molecule has 0 aromatic heterocycles. The van der Waals surface area contributed by atoms with Crippen LogP contribution in [0.2, 0.25) is 5.02 Å². The first-order valence-corrected chi connectivity index (χ1v) is 3.66. The zero-order chi connectivity index (χ0) is 8.97. The van der Waals surface area contributed by atoms with E-state index in [9.17, 15) is 0 Å². The number of methoxy groups -OCH3 is 1. The van der Waals surface area contributed by atoms with Gasteiger partial charge < -0.3 is 9.94 Å². The summed E-state index contributed by atoms with van der Waals surface area (Å²) in [5, 5.41) is 11.6. The van der Waals surface area contributed by atoms with Crippen molar-refractivity contribution in [3.05, 3.63) is 28.8 Å². The number of oxime groups is 1. The standard InChI is InChI=1S/C8H8ClNO2/c1-12-7-3-2-6(5-10-11)8(9)4-7/h2-5,11H,1H3/b10-5-. The van der Waals surface area contributed by atoms with Crippen LogP contribution in [0.15, 0.2) is 23.4 Å². The third kappa shape index (κ3) is 1.89. The van der Waals surface area contributed by atoms with Gasteiger partial charge in [-0.1, -0.05) is 16.8 Å². The second kappa shape index (κ2) is 3.97. The van der Waals surface area contributed by atoms with Crippen molar-refractivity contribution in [2.75, 3.05) is 7.11 Å². The number of hydrogen-bond donors (Lipinski definition) is 1. The fraction of sp³-hybridized carbons (Fsp3) is 0.125. The van der Waals surface area contributed by atoms with Crippen molar-refractivity contribution in [2.24, 2.45) is 5.16 Å². The van der Waals surface area contributed by atoms with Gasteiger partial charge in [0, 0.05) is 5.56 Å². The van der Waals surface area contributed by atoms with Gasteiger partial charge in [0.15, 0.2) is 0 Å². The molecule has 0 heterocycles. The van der Waals surface area contributed by atoms with E-state index in [0.717, 1.165) is 0 Å². The molecule has 0 aliphatic carbocycles. The van der Waals surface area contributed by atoms with Gasteiger partial charge >= 0.3 is 0 Å². The smallest absolute Gasteiger partial charge is 0.120 e. The van der Waals surface area contributed by atoms with Crippen molar-refractivity contribution in [3.8, 4) is 5.75 Å². The Bertz CT molecular complexity index is 299. The van der Waals surface area contributed by atoms with Gasteiger partial charge in [-0.25, -0.2) is 0 Å². The van der Waals surface area contributed by atoms with Crippen molar-refractivity contribution < 1.29 is 9.94 Å². The summed E-state index contributed by atoms with van der Waals surface area (Å²) in [5.41, 5.74) is 0.653. The topological polar surface area (TPSA) is 41.8 Å². The van der Waals surface area contributed by atoms with Crippen LogP contribution in [0.5, 0.6) is 5.75 Å². The van der Waals surface area contributed by atoms with Crippen LogP contribution in [0.25, 0.3) is 0 Å². The van der Waals surface area contributed by atoms with Gasteiger partial charge in [-0.15, -0.1) is 0 Å². The molecule has 0 unspecified atom stereocenters. The Morgan fingerprint density at radius 1 is 1.58 bits per heavy atom. The molecule has 0 saturated carbocycles. The molecule has 1 aromatic rings. The molecule has 1 aromatic carbocycles. The predicted octanol–water partition coefficient (Wildman–Crippen LogP) is 2.16. The molecule has 0 fully saturated rings. The molecule has 0 atom stereocenters. The number of benzene rings is 1. The van der Waals surface area contributed by atoms with Crippen LogP contribution in [-0.2, 0) is 0 Å². The lowest BCUT2D eigenvalue weighted by Gasteiger charge is -2.01. The van der Waals surface area contributed by atoms with E-state index < -0.39 is 0 Å². The number of hydrogen-bond acceptors (Lipinski definition) is 3. The fourth-order valence-electron chi connectivity index (χ4n) is 0.802. The van der Waals surface area contributed by atoms with Gasteiger partial charge in [0.25, 0.3) is 0 Å². The second-order valence-corrected chi connectivity index (χ2v) is 2.54. The molecular formula is C8H8ClNO2. The van der Waals surface area contributed by atoms with Crippen LogP contribution in [0.4, 0.5) is 0 Å². The van der Waals surface area contributed by atoms with Crippen LogP contribution < -0.4 is 4.74 Å². The minimum absolute atomic E-state index is 0.493. The van der Waals surface area contributed by atoms with Crippen molar-refractivity contribution >= 4 is 17.8 Å². The Hall–Kier alpha value is -1.22. The normalized spacial score (nSPS) is 10.5. The summed E-state index contributed by atoms with van der Waals surface area (Å²) in [6, 6.07) is 5.10. The van der Waals surface area contributed by atoms with E-state index in [1.165, 1.54) is 6.21 Å². The highest BCUT2D eigenvalue weighted by atomic mass is 35.5. The van der Waals surface area contributed by atoms with E-state index in [2.05, 4.69) is 5.16 Å². The van der Waals surface area contributed by atoms with Gasteiger partial charge in [-0.3, -0.25) is 0 Å². The number of halogens is 1. The highest BCUT2D eigenvalue weighted by Crippen LogP contribution is 2.20. The summed E-state index contributed by atoms with van der Waals surface area (Å²) in [5.74, 6) is 0.676. The lowest BCUT2D eigenvalue weighted by molar-refractivity contribution is 0.322. The van der Waals surface area contributed by atoms with Crippen molar-refractivity contribution in [1.29, 1.82) is 0 Å². The fourth-order valence-corrected chi connectivity index (χ4v) is 1.02. The Labute approximate surface area is 75.2 Å². The molecule has 1 rings (SSSR count). The largest absolute Gasteiger partial charge is 0.497 e. The number of rotatable bonds is 2. The Morgan fingerprint density at radius 2 is 2.33 bits per heavy atom. The molecule has 3 nitrogen and oxygen atoms in total. The van der Waals surface area contributed by atoms with E-state index in [-0.39, 0.29) is 0 Å². The van der Waals surface area contributed by atoms with Gasteiger partial charge in [0.05, 0.1) is 18.3 Å².